The zero-order valence-corrected chi connectivity index (χ0v) is 23.1. The second kappa shape index (κ2) is 11.7. The number of aryl methyl sites for hydroxylation is 1. The molecule has 1 atom stereocenters. The van der Waals surface area contributed by atoms with Gasteiger partial charge in [-0.25, -0.2) is 4.98 Å². The fourth-order valence-corrected chi connectivity index (χ4v) is 5.81. The predicted octanol–water partition coefficient (Wildman–Crippen LogP) is 7.19. The highest BCUT2D eigenvalue weighted by Crippen LogP contribution is 2.32. The molecular formula is C30H39ClN6. The third kappa shape index (κ3) is 6.36. The van der Waals surface area contributed by atoms with E-state index in [1.54, 1.807) is 6.20 Å². The lowest BCUT2D eigenvalue weighted by atomic mass is 9.84. The molecule has 7 heteroatoms. The zero-order valence-electron chi connectivity index (χ0n) is 22.3. The summed E-state index contributed by atoms with van der Waals surface area (Å²) in [5.41, 5.74) is 5.82. The van der Waals surface area contributed by atoms with Crippen molar-refractivity contribution < 1.29 is 0 Å². The second-order valence-corrected chi connectivity index (χ2v) is 11.3. The Kier molecular flexibility index (Phi) is 8.16. The van der Waals surface area contributed by atoms with Gasteiger partial charge in [-0.1, -0.05) is 61.9 Å². The van der Waals surface area contributed by atoms with E-state index >= 15 is 0 Å². The number of hydrogen-bond acceptors (Lipinski definition) is 6. The number of rotatable bonds is 8. The summed E-state index contributed by atoms with van der Waals surface area (Å²) in [6.07, 6.45) is 10.7. The van der Waals surface area contributed by atoms with Crippen LogP contribution in [0.1, 0.15) is 49.7 Å². The molecule has 2 N–H and O–H groups in total. The molecule has 0 amide bonds. The Balaban J connectivity index is 1.29. The quantitative estimate of drug-likeness (QED) is 0.329. The van der Waals surface area contributed by atoms with E-state index in [1.165, 1.54) is 49.8 Å². The molecule has 2 aliphatic rings. The van der Waals surface area contributed by atoms with Gasteiger partial charge in [-0.3, -0.25) is 0 Å². The number of likely N-dealkylation sites (N-methyl/N-ethyl adjacent to an activating group) is 1. The largest absolute Gasteiger partial charge is 0.370 e. The number of nitrogens with zero attached hydrogens (tertiary/aromatic N) is 4. The van der Waals surface area contributed by atoms with Crippen LogP contribution in [0.2, 0.25) is 5.02 Å². The Morgan fingerprint density at radius 1 is 1.00 bits per heavy atom. The van der Waals surface area contributed by atoms with Crippen LogP contribution in [0, 0.1) is 12.8 Å². The highest BCUT2D eigenvalue weighted by atomic mass is 35.5. The van der Waals surface area contributed by atoms with Crippen molar-refractivity contribution in [3.8, 4) is 0 Å². The molecule has 3 aromatic rings. The third-order valence-electron chi connectivity index (χ3n) is 7.96. The molecular weight excluding hydrogens is 480 g/mol. The van der Waals surface area contributed by atoms with E-state index in [-0.39, 0.29) is 0 Å². The van der Waals surface area contributed by atoms with E-state index in [0.29, 0.717) is 22.8 Å². The van der Waals surface area contributed by atoms with Crippen molar-refractivity contribution in [2.45, 2.75) is 57.9 Å². The van der Waals surface area contributed by atoms with Crippen LogP contribution in [0.5, 0.6) is 0 Å². The van der Waals surface area contributed by atoms with Crippen molar-refractivity contribution >= 4 is 40.4 Å². The molecule has 1 saturated heterocycles. The van der Waals surface area contributed by atoms with Gasteiger partial charge in [-0.15, -0.1) is 0 Å². The smallest absolute Gasteiger partial charge is 0.229 e. The molecule has 1 aliphatic carbocycles. The lowest BCUT2D eigenvalue weighted by Gasteiger charge is -2.23. The van der Waals surface area contributed by atoms with Crippen molar-refractivity contribution in [1.82, 2.24) is 14.9 Å². The van der Waals surface area contributed by atoms with Crippen molar-refractivity contribution in [2.75, 3.05) is 42.7 Å². The normalized spacial score (nSPS) is 18.4. The van der Waals surface area contributed by atoms with E-state index in [1.807, 2.05) is 0 Å². The average Bonchev–Trinajstić information content (AvgIpc) is 3.40. The van der Waals surface area contributed by atoms with E-state index < -0.39 is 0 Å². The van der Waals surface area contributed by atoms with Gasteiger partial charge in [-0.05, 0) is 75.2 Å². The standard InChI is InChI=1S/C30H39ClN6/c1-21-17-24(37-16-15-25(20-37)36(2)3)13-14-27(21)34-30-32-19-26(31)29(35-30)33-28-12-8-7-11-23(28)18-22-9-5-4-6-10-22/h7-8,11-14,17,19,22,25H,4-6,9-10,15-16,18,20H2,1-3H3,(H2,32,33,34,35)/t25-/m1/s1. The first-order valence-electron chi connectivity index (χ1n) is 13.6. The minimum absolute atomic E-state index is 0.509. The Bertz CT molecular complexity index is 1210. The van der Waals surface area contributed by atoms with Crippen LogP contribution in [0.25, 0.3) is 0 Å². The molecule has 2 heterocycles. The second-order valence-electron chi connectivity index (χ2n) is 10.9. The summed E-state index contributed by atoms with van der Waals surface area (Å²) in [5, 5.41) is 7.41. The number of aromatic nitrogens is 2. The Morgan fingerprint density at radius 3 is 2.57 bits per heavy atom. The van der Waals surface area contributed by atoms with Crippen LogP contribution in [-0.4, -0.2) is 48.1 Å². The molecule has 1 saturated carbocycles. The summed E-state index contributed by atoms with van der Waals surface area (Å²) < 4.78 is 0. The molecule has 6 nitrogen and oxygen atoms in total. The topological polar surface area (TPSA) is 56.3 Å². The Morgan fingerprint density at radius 2 is 1.81 bits per heavy atom. The first-order valence-corrected chi connectivity index (χ1v) is 14.0. The van der Waals surface area contributed by atoms with Gasteiger partial charge in [0.2, 0.25) is 5.95 Å². The average molecular weight is 519 g/mol. The maximum absolute atomic E-state index is 6.53. The van der Waals surface area contributed by atoms with Crippen LogP contribution in [0.3, 0.4) is 0 Å². The predicted molar refractivity (Wildman–Crippen MR) is 156 cm³/mol. The summed E-state index contributed by atoms with van der Waals surface area (Å²) in [6.45, 7) is 4.28. The van der Waals surface area contributed by atoms with Crippen LogP contribution < -0.4 is 15.5 Å². The maximum atomic E-state index is 6.53. The number of halogens is 1. The van der Waals surface area contributed by atoms with Crippen LogP contribution in [0.4, 0.5) is 28.8 Å². The van der Waals surface area contributed by atoms with Gasteiger partial charge in [0, 0.05) is 36.2 Å². The molecule has 1 aliphatic heterocycles. The molecule has 196 valence electrons. The van der Waals surface area contributed by atoms with Crippen LogP contribution in [0.15, 0.2) is 48.7 Å². The van der Waals surface area contributed by atoms with Crippen LogP contribution >= 0.6 is 11.6 Å². The van der Waals surface area contributed by atoms with E-state index in [0.717, 1.165) is 42.4 Å². The minimum Gasteiger partial charge on any atom is -0.370 e. The van der Waals surface area contributed by atoms with E-state index in [4.69, 9.17) is 16.6 Å². The van der Waals surface area contributed by atoms with E-state index in [2.05, 4.69) is 88.9 Å². The monoisotopic (exact) mass is 518 g/mol. The molecule has 0 radical (unpaired) electrons. The van der Waals surface area contributed by atoms with Crippen molar-refractivity contribution in [2.24, 2.45) is 5.92 Å². The molecule has 37 heavy (non-hydrogen) atoms. The van der Waals surface area contributed by atoms with Gasteiger partial charge in [0.05, 0.1) is 6.20 Å². The summed E-state index contributed by atoms with van der Waals surface area (Å²) in [4.78, 5) is 14.0. The van der Waals surface area contributed by atoms with Gasteiger partial charge >= 0.3 is 0 Å². The minimum atomic E-state index is 0.509. The molecule has 1 aromatic heterocycles. The molecule has 0 unspecified atom stereocenters. The highest BCUT2D eigenvalue weighted by Gasteiger charge is 2.24. The zero-order chi connectivity index (χ0) is 25.8. The molecule has 5 rings (SSSR count). The fourth-order valence-electron chi connectivity index (χ4n) is 5.67. The highest BCUT2D eigenvalue weighted by molar-refractivity contribution is 6.32. The van der Waals surface area contributed by atoms with Gasteiger partial charge in [0.25, 0.3) is 0 Å². The first kappa shape index (κ1) is 25.8. The number of benzene rings is 2. The van der Waals surface area contributed by atoms with Gasteiger partial charge in [0.15, 0.2) is 5.82 Å². The summed E-state index contributed by atoms with van der Waals surface area (Å²) >= 11 is 6.53. The Labute approximate surface area is 226 Å². The van der Waals surface area contributed by atoms with Crippen molar-refractivity contribution in [3.05, 3.63) is 64.8 Å². The summed E-state index contributed by atoms with van der Waals surface area (Å²) in [5.74, 6) is 1.91. The number of nitrogens with one attached hydrogen (secondary N) is 2. The SMILES string of the molecule is Cc1cc(N2CC[C@@H](N(C)C)C2)ccc1Nc1ncc(Cl)c(Nc2ccccc2CC2CCCCC2)n1. The number of anilines is 5. The van der Waals surface area contributed by atoms with Crippen molar-refractivity contribution in [1.29, 1.82) is 0 Å². The van der Waals surface area contributed by atoms with Gasteiger partial charge in [-0.2, -0.15) is 4.98 Å². The van der Waals surface area contributed by atoms with Crippen LogP contribution in [-0.2, 0) is 6.42 Å². The number of hydrogen-bond donors (Lipinski definition) is 2. The summed E-state index contributed by atoms with van der Waals surface area (Å²) in [6, 6.07) is 15.7. The number of para-hydroxylation sites is 1. The molecule has 2 aromatic carbocycles. The molecule has 0 bridgehead atoms. The lowest BCUT2D eigenvalue weighted by Crippen LogP contribution is -2.31. The van der Waals surface area contributed by atoms with Crippen molar-refractivity contribution in [3.63, 3.8) is 0 Å². The lowest BCUT2D eigenvalue weighted by molar-refractivity contribution is 0.315. The first-order chi connectivity index (χ1) is 18.0. The van der Waals surface area contributed by atoms with E-state index in [9.17, 15) is 0 Å². The summed E-state index contributed by atoms with van der Waals surface area (Å²) in [7, 11) is 4.33. The van der Waals surface area contributed by atoms with Gasteiger partial charge < -0.3 is 20.4 Å². The molecule has 2 fully saturated rings. The molecule has 0 spiro atoms. The third-order valence-corrected chi connectivity index (χ3v) is 8.24. The van der Waals surface area contributed by atoms with Gasteiger partial charge in [0.1, 0.15) is 5.02 Å². The maximum Gasteiger partial charge on any atom is 0.229 e. The Hall–Kier alpha value is -2.83. The fraction of sp³-hybridized carbons (Fsp3) is 0.467.